The number of benzene rings is 1. The molecule has 0 bridgehead atoms. The van der Waals surface area contributed by atoms with E-state index in [2.05, 4.69) is 30.2 Å². The Balaban J connectivity index is 2.18. The summed E-state index contributed by atoms with van der Waals surface area (Å²) in [5.41, 5.74) is 3.23. The quantitative estimate of drug-likeness (QED) is 0.826. The van der Waals surface area contributed by atoms with Crippen LogP contribution < -0.4 is 5.32 Å². The number of rotatable bonds is 2. The topological polar surface area (TPSA) is 54.1 Å². The lowest BCUT2D eigenvalue weighted by Crippen LogP contribution is -2.44. The molecule has 0 saturated heterocycles. The van der Waals surface area contributed by atoms with E-state index in [1.165, 1.54) is 10.9 Å². The summed E-state index contributed by atoms with van der Waals surface area (Å²) in [6.07, 6.45) is 0. The molecule has 3 rings (SSSR count). The molecule has 1 aromatic carbocycles. The third-order valence-electron chi connectivity index (χ3n) is 3.97. The molecule has 1 aliphatic rings. The Morgan fingerprint density at radius 1 is 1.40 bits per heavy atom. The van der Waals surface area contributed by atoms with Gasteiger partial charge in [-0.3, -0.25) is 5.32 Å². The maximum atomic E-state index is 12.1. The van der Waals surface area contributed by atoms with Gasteiger partial charge in [-0.05, 0) is 18.6 Å². The summed E-state index contributed by atoms with van der Waals surface area (Å²) < 4.78 is 5.18. The van der Waals surface area contributed by atoms with Crippen LogP contribution in [0.3, 0.4) is 0 Å². The van der Waals surface area contributed by atoms with Crippen LogP contribution in [-0.4, -0.2) is 24.1 Å². The van der Waals surface area contributed by atoms with Gasteiger partial charge in [0.2, 0.25) is 0 Å². The Kier molecular flexibility index (Phi) is 3.05. The van der Waals surface area contributed by atoms with Gasteiger partial charge in [0, 0.05) is 28.6 Å². The Morgan fingerprint density at radius 3 is 2.90 bits per heavy atom. The van der Waals surface area contributed by atoms with Crippen molar-refractivity contribution in [3.63, 3.8) is 0 Å². The summed E-state index contributed by atoms with van der Waals surface area (Å²) >= 11 is 0. The number of ether oxygens (including phenoxy) is 1. The molecule has 2 aromatic rings. The highest BCUT2D eigenvalue weighted by Gasteiger charge is 2.39. The molecule has 2 N–H and O–H groups in total. The number of fused-ring (bicyclic) bond motifs is 3. The van der Waals surface area contributed by atoms with Crippen LogP contribution in [-0.2, 0) is 14.9 Å². The highest BCUT2D eigenvalue weighted by atomic mass is 16.5. The summed E-state index contributed by atoms with van der Waals surface area (Å²) in [5, 5.41) is 4.50. The van der Waals surface area contributed by atoms with Gasteiger partial charge in [0.15, 0.2) is 0 Å². The van der Waals surface area contributed by atoms with Gasteiger partial charge in [-0.15, -0.1) is 0 Å². The van der Waals surface area contributed by atoms with Gasteiger partial charge >= 0.3 is 5.97 Å². The smallest absolute Gasteiger partial charge is 0.329 e. The number of carbonyl (C=O) groups is 1. The van der Waals surface area contributed by atoms with E-state index < -0.39 is 6.04 Å². The Morgan fingerprint density at radius 2 is 2.15 bits per heavy atom. The van der Waals surface area contributed by atoms with Gasteiger partial charge in [0.1, 0.15) is 6.04 Å². The van der Waals surface area contributed by atoms with Crippen LogP contribution in [0.15, 0.2) is 24.3 Å². The predicted octanol–water partition coefficient (Wildman–Crippen LogP) is 2.65. The normalized spacial score (nSPS) is 20.6. The molecule has 20 heavy (non-hydrogen) atoms. The lowest BCUT2D eigenvalue weighted by atomic mass is 9.78. The molecule has 0 aliphatic carbocycles. The number of para-hydroxylation sites is 1. The van der Waals surface area contributed by atoms with E-state index >= 15 is 0 Å². The molecule has 1 aromatic heterocycles. The molecule has 4 nitrogen and oxygen atoms in total. The molecule has 0 amide bonds. The number of carbonyl (C=O) groups excluding carboxylic acids is 1. The number of H-pyrrole nitrogens is 1. The van der Waals surface area contributed by atoms with Gasteiger partial charge in [-0.2, -0.15) is 0 Å². The lowest BCUT2D eigenvalue weighted by Gasteiger charge is -2.35. The van der Waals surface area contributed by atoms with Crippen molar-refractivity contribution in [2.45, 2.75) is 32.2 Å². The zero-order valence-corrected chi connectivity index (χ0v) is 12.1. The zero-order chi connectivity index (χ0) is 14.3. The molecule has 1 aliphatic heterocycles. The van der Waals surface area contributed by atoms with Crippen LogP contribution >= 0.6 is 0 Å². The molecule has 0 saturated carbocycles. The van der Waals surface area contributed by atoms with Crippen molar-refractivity contribution in [1.82, 2.24) is 10.3 Å². The van der Waals surface area contributed by atoms with Gasteiger partial charge in [-0.1, -0.05) is 32.0 Å². The molecule has 0 fully saturated rings. The second kappa shape index (κ2) is 4.63. The van der Waals surface area contributed by atoms with E-state index in [-0.39, 0.29) is 11.4 Å². The summed E-state index contributed by atoms with van der Waals surface area (Å²) in [4.78, 5) is 15.5. The lowest BCUT2D eigenvalue weighted by molar-refractivity contribution is -0.146. The summed E-state index contributed by atoms with van der Waals surface area (Å²) in [6.45, 7) is 7.37. The fourth-order valence-electron chi connectivity index (χ4n) is 3.08. The minimum absolute atomic E-state index is 0.0159. The van der Waals surface area contributed by atoms with Crippen molar-refractivity contribution in [2.75, 3.05) is 13.2 Å². The van der Waals surface area contributed by atoms with Crippen molar-refractivity contribution >= 4 is 16.9 Å². The largest absolute Gasteiger partial charge is 0.465 e. The van der Waals surface area contributed by atoms with Crippen LogP contribution in [0, 0.1) is 0 Å². The Bertz CT molecular complexity index is 658. The number of nitrogens with one attached hydrogen (secondary N) is 2. The highest BCUT2D eigenvalue weighted by Crippen LogP contribution is 2.39. The number of hydrogen-bond donors (Lipinski definition) is 2. The van der Waals surface area contributed by atoms with Crippen molar-refractivity contribution in [1.29, 1.82) is 0 Å². The van der Waals surface area contributed by atoms with Gasteiger partial charge in [0.25, 0.3) is 0 Å². The highest BCUT2D eigenvalue weighted by molar-refractivity contribution is 5.89. The van der Waals surface area contributed by atoms with E-state index in [1.807, 2.05) is 25.1 Å². The van der Waals surface area contributed by atoms with Crippen LogP contribution in [0.4, 0.5) is 0 Å². The van der Waals surface area contributed by atoms with E-state index in [0.29, 0.717) is 6.61 Å². The van der Waals surface area contributed by atoms with E-state index in [1.54, 1.807) is 0 Å². The van der Waals surface area contributed by atoms with Crippen molar-refractivity contribution in [2.24, 2.45) is 0 Å². The molecule has 1 unspecified atom stereocenters. The molecule has 106 valence electrons. The second-order valence-electron chi connectivity index (χ2n) is 5.91. The van der Waals surface area contributed by atoms with Crippen LogP contribution in [0.1, 0.15) is 38.1 Å². The molecule has 1 atom stereocenters. The molecule has 0 radical (unpaired) electrons. The van der Waals surface area contributed by atoms with Crippen LogP contribution in [0.2, 0.25) is 0 Å². The number of aromatic amines is 1. The first-order valence-electron chi connectivity index (χ1n) is 7.05. The summed E-state index contributed by atoms with van der Waals surface area (Å²) in [6, 6.07) is 7.80. The third-order valence-corrected chi connectivity index (χ3v) is 3.97. The molecule has 0 spiro atoms. The van der Waals surface area contributed by atoms with E-state index in [0.717, 1.165) is 17.8 Å². The van der Waals surface area contributed by atoms with Gasteiger partial charge < -0.3 is 9.72 Å². The Labute approximate surface area is 118 Å². The van der Waals surface area contributed by atoms with E-state index in [4.69, 9.17) is 4.74 Å². The van der Waals surface area contributed by atoms with Crippen LogP contribution in [0.25, 0.3) is 10.9 Å². The Hall–Kier alpha value is -1.81. The maximum Gasteiger partial charge on any atom is 0.329 e. The SMILES string of the molecule is CCOC(=O)C1NCC(C)(C)c2c1[nH]c1ccccc21. The van der Waals surface area contributed by atoms with Crippen LogP contribution in [0.5, 0.6) is 0 Å². The summed E-state index contributed by atoms with van der Waals surface area (Å²) in [5.74, 6) is -0.212. The first-order chi connectivity index (χ1) is 9.54. The maximum absolute atomic E-state index is 12.1. The van der Waals surface area contributed by atoms with Crippen molar-refractivity contribution < 1.29 is 9.53 Å². The second-order valence-corrected chi connectivity index (χ2v) is 5.91. The first-order valence-corrected chi connectivity index (χ1v) is 7.05. The number of aromatic nitrogens is 1. The first kappa shape index (κ1) is 13.2. The zero-order valence-electron chi connectivity index (χ0n) is 12.1. The van der Waals surface area contributed by atoms with Crippen molar-refractivity contribution in [3.05, 3.63) is 35.5 Å². The minimum Gasteiger partial charge on any atom is -0.465 e. The third kappa shape index (κ3) is 1.91. The van der Waals surface area contributed by atoms with E-state index in [9.17, 15) is 4.79 Å². The van der Waals surface area contributed by atoms with Gasteiger partial charge in [-0.25, -0.2) is 4.79 Å². The average Bonchev–Trinajstić information content (AvgIpc) is 2.79. The van der Waals surface area contributed by atoms with Gasteiger partial charge in [0.05, 0.1) is 6.61 Å². The standard InChI is InChI=1S/C16H20N2O2/c1-4-20-15(19)14-13-12(16(2,3)9-17-14)10-7-5-6-8-11(10)18-13/h5-8,14,17-18H,4,9H2,1-3H3. The predicted molar refractivity (Wildman–Crippen MR) is 78.7 cm³/mol. The fourth-order valence-corrected chi connectivity index (χ4v) is 3.08. The minimum atomic E-state index is -0.398. The monoisotopic (exact) mass is 272 g/mol. The average molecular weight is 272 g/mol. The summed E-state index contributed by atoms with van der Waals surface area (Å²) in [7, 11) is 0. The number of esters is 1. The molecule has 2 heterocycles. The number of hydrogen-bond acceptors (Lipinski definition) is 3. The molecule has 4 heteroatoms. The fraction of sp³-hybridized carbons (Fsp3) is 0.438. The molecular weight excluding hydrogens is 252 g/mol. The molecular formula is C16H20N2O2. The van der Waals surface area contributed by atoms with Crippen molar-refractivity contribution in [3.8, 4) is 0 Å².